The molecule has 3 N–H and O–H groups in total. The molecular weight excluding hydrogens is 283 g/mol. The van der Waals surface area contributed by atoms with Crippen LogP contribution in [0.2, 0.25) is 5.02 Å². The molecule has 2 rings (SSSR count). The standard InChI is InChI=1S/C14H16ClFN2S/c1-14(2,9-3-5-10(16)6-4-9)13(18-17)12-11(15)7-8-19-12/h3-8,13,18H,17H2,1-2H3. The van der Waals surface area contributed by atoms with E-state index in [1.54, 1.807) is 23.5 Å². The van der Waals surface area contributed by atoms with Crippen molar-refractivity contribution in [3.05, 3.63) is 57.0 Å². The summed E-state index contributed by atoms with van der Waals surface area (Å²) in [5.74, 6) is 5.47. The highest BCUT2D eigenvalue weighted by molar-refractivity contribution is 7.10. The van der Waals surface area contributed by atoms with Crippen molar-refractivity contribution in [2.24, 2.45) is 5.84 Å². The Balaban J connectivity index is 2.41. The van der Waals surface area contributed by atoms with Gasteiger partial charge in [0.15, 0.2) is 0 Å². The highest BCUT2D eigenvalue weighted by Gasteiger charge is 2.33. The van der Waals surface area contributed by atoms with Gasteiger partial charge in [-0.05, 0) is 29.1 Å². The van der Waals surface area contributed by atoms with Crippen molar-refractivity contribution in [1.82, 2.24) is 5.43 Å². The summed E-state index contributed by atoms with van der Waals surface area (Å²) in [5.41, 5.74) is 3.52. The molecule has 0 aliphatic carbocycles. The van der Waals surface area contributed by atoms with Crippen molar-refractivity contribution < 1.29 is 4.39 Å². The summed E-state index contributed by atoms with van der Waals surface area (Å²) in [5, 5.41) is 2.63. The zero-order valence-electron chi connectivity index (χ0n) is 10.8. The number of rotatable bonds is 4. The van der Waals surface area contributed by atoms with Crippen LogP contribution in [0, 0.1) is 5.82 Å². The van der Waals surface area contributed by atoms with Crippen LogP contribution in [0.1, 0.15) is 30.3 Å². The third-order valence-corrected chi connectivity index (χ3v) is 4.81. The molecule has 0 amide bonds. The van der Waals surface area contributed by atoms with E-state index in [2.05, 4.69) is 19.3 Å². The van der Waals surface area contributed by atoms with E-state index in [9.17, 15) is 4.39 Å². The Morgan fingerprint density at radius 2 is 1.89 bits per heavy atom. The Hall–Kier alpha value is -0.940. The maximum atomic E-state index is 13.0. The number of thiophene rings is 1. The first-order valence-electron chi connectivity index (χ1n) is 5.92. The molecule has 1 aromatic heterocycles. The average Bonchev–Trinajstić information content (AvgIpc) is 2.77. The molecule has 19 heavy (non-hydrogen) atoms. The van der Waals surface area contributed by atoms with E-state index in [4.69, 9.17) is 17.4 Å². The summed E-state index contributed by atoms with van der Waals surface area (Å²) in [6.07, 6.45) is 0. The maximum absolute atomic E-state index is 13.0. The first-order chi connectivity index (χ1) is 8.96. The minimum Gasteiger partial charge on any atom is -0.271 e. The summed E-state index contributed by atoms with van der Waals surface area (Å²) in [6, 6.07) is 8.20. The molecule has 0 bridgehead atoms. The van der Waals surface area contributed by atoms with E-state index in [0.717, 1.165) is 10.4 Å². The molecule has 0 saturated carbocycles. The van der Waals surface area contributed by atoms with E-state index >= 15 is 0 Å². The Morgan fingerprint density at radius 1 is 1.26 bits per heavy atom. The monoisotopic (exact) mass is 298 g/mol. The number of nitrogens with one attached hydrogen (secondary N) is 1. The number of benzene rings is 1. The fourth-order valence-corrected chi connectivity index (χ4v) is 3.58. The van der Waals surface area contributed by atoms with Crippen molar-refractivity contribution >= 4 is 22.9 Å². The zero-order chi connectivity index (χ0) is 14.0. The van der Waals surface area contributed by atoms with E-state index in [-0.39, 0.29) is 17.3 Å². The van der Waals surface area contributed by atoms with Gasteiger partial charge in [0.2, 0.25) is 0 Å². The fourth-order valence-electron chi connectivity index (χ4n) is 2.17. The average molecular weight is 299 g/mol. The molecule has 0 radical (unpaired) electrons. The van der Waals surface area contributed by atoms with Gasteiger partial charge in [0, 0.05) is 10.3 Å². The second-order valence-electron chi connectivity index (χ2n) is 4.96. The molecule has 0 fully saturated rings. The lowest BCUT2D eigenvalue weighted by molar-refractivity contribution is 0.357. The molecule has 1 unspecified atom stereocenters. The molecule has 2 aromatic rings. The number of hydrogen-bond donors (Lipinski definition) is 2. The highest BCUT2D eigenvalue weighted by Crippen LogP contribution is 2.41. The smallest absolute Gasteiger partial charge is 0.123 e. The fraction of sp³-hybridized carbons (Fsp3) is 0.286. The van der Waals surface area contributed by atoms with Crippen molar-refractivity contribution in [2.45, 2.75) is 25.3 Å². The summed E-state index contributed by atoms with van der Waals surface area (Å²) in [7, 11) is 0. The van der Waals surface area contributed by atoms with Gasteiger partial charge in [-0.3, -0.25) is 11.3 Å². The van der Waals surface area contributed by atoms with Crippen LogP contribution in [0.3, 0.4) is 0 Å². The van der Waals surface area contributed by atoms with Gasteiger partial charge in [-0.15, -0.1) is 11.3 Å². The highest BCUT2D eigenvalue weighted by atomic mass is 35.5. The molecular formula is C14H16ClFN2S. The topological polar surface area (TPSA) is 38.0 Å². The minimum atomic E-state index is -0.309. The van der Waals surface area contributed by atoms with E-state index < -0.39 is 0 Å². The summed E-state index contributed by atoms with van der Waals surface area (Å²) in [4.78, 5) is 0.985. The first kappa shape index (κ1) is 14.5. The Morgan fingerprint density at radius 3 is 2.37 bits per heavy atom. The van der Waals surface area contributed by atoms with Crippen molar-refractivity contribution in [3.8, 4) is 0 Å². The number of halogens is 2. The zero-order valence-corrected chi connectivity index (χ0v) is 12.4. The summed E-state index contributed by atoms with van der Waals surface area (Å²) < 4.78 is 13.0. The lowest BCUT2D eigenvalue weighted by Gasteiger charge is -2.34. The largest absolute Gasteiger partial charge is 0.271 e. The predicted octanol–water partition coefficient (Wildman–Crippen LogP) is 4.02. The van der Waals surface area contributed by atoms with Crippen molar-refractivity contribution in [2.75, 3.05) is 0 Å². The third-order valence-electron chi connectivity index (χ3n) is 3.38. The Bertz CT molecular complexity index is 551. The normalized spacial score (nSPS) is 13.5. The van der Waals surface area contributed by atoms with E-state index in [1.807, 2.05) is 11.4 Å². The minimum absolute atomic E-state index is 0.134. The summed E-state index contributed by atoms with van der Waals surface area (Å²) in [6.45, 7) is 4.11. The van der Waals surface area contributed by atoms with Gasteiger partial charge in [-0.25, -0.2) is 4.39 Å². The predicted molar refractivity (Wildman–Crippen MR) is 78.8 cm³/mol. The van der Waals surface area contributed by atoms with Gasteiger partial charge >= 0.3 is 0 Å². The van der Waals surface area contributed by atoms with E-state index in [1.165, 1.54) is 12.1 Å². The van der Waals surface area contributed by atoms with Gasteiger partial charge in [-0.2, -0.15) is 0 Å². The van der Waals surface area contributed by atoms with Crippen LogP contribution in [-0.4, -0.2) is 0 Å². The quantitative estimate of drug-likeness (QED) is 0.661. The van der Waals surface area contributed by atoms with Crippen LogP contribution in [0.15, 0.2) is 35.7 Å². The SMILES string of the molecule is CC(C)(c1ccc(F)cc1)C(NN)c1sccc1Cl. The third kappa shape index (κ3) is 2.82. The lowest BCUT2D eigenvalue weighted by atomic mass is 9.77. The Labute approximate surface area is 121 Å². The van der Waals surface area contributed by atoms with E-state index in [0.29, 0.717) is 5.02 Å². The lowest BCUT2D eigenvalue weighted by Crippen LogP contribution is -2.40. The molecule has 5 heteroatoms. The maximum Gasteiger partial charge on any atom is 0.123 e. The van der Waals surface area contributed by atoms with Gasteiger partial charge in [0.1, 0.15) is 5.82 Å². The first-order valence-corrected chi connectivity index (χ1v) is 7.17. The van der Waals surface area contributed by atoms with Gasteiger partial charge in [0.25, 0.3) is 0 Å². The van der Waals surface area contributed by atoms with Crippen LogP contribution < -0.4 is 11.3 Å². The number of nitrogens with two attached hydrogens (primary N) is 1. The molecule has 1 heterocycles. The van der Waals surface area contributed by atoms with Gasteiger partial charge < -0.3 is 0 Å². The molecule has 1 atom stereocenters. The molecule has 0 spiro atoms. The Kier molecular flexibility index (Phi) is 4.26. The second kappa shape index (κ2) is 5.59. The number of hydrogen-bond acceptors (Lipinski definition) is 3. The van der Waals surface area contributed by atoms with Gasteiger partial charge in [-0.1, -0.05) is 37.6 Å². The molecule has 0 saturated heterocycles. The summed E-state index contributed by atoms with van der Waals surface area (Å²) >= 11 is 7.75. The molecule has 0 aliphatic rings. The second-order valence-corrected chi connectivity index (χ2v) is 6.32. The number of hydrazine groups is 1. The van der Waals surface area contributed by atoms with Crippen LogP contribution in [0.5, 0.6) is 0 Å². The van der Waals surface area contributed by atoms with Crippen LogP contribution >= 0.6 is 22.9 Å². The molecule has 2 nitrogen and oxygen atoms in total. The molecule has 1 aromatic carbocycles. The van der Waals surface area contributed by atoms with Crippen LogP contribution in [0.4, 0.5) is 4.39 Å². The van der Waals surface area contributed by atoms with Crippen LogP contribution in [-0.2, 0) is 5.41 Å². The van der Waals surface area contributed by atoms with Crippen molar-refractivity contribution in [1.29, 1.82) is 0 Å². The molecule has 102 valence electrons. The molecule has 0 aliphatic heterocycles. The van der Waals surface area contributed by atoms with Crippen molar-refractivity contribution in [3.63, 3.8) is 0 Å². The van der Waals surface area contributed by atoms with Crippen LogP contribution in [0.25, 0.3) is 0 Å². The van der Waals surface area contributed by atoms with Gasteiger partial charge in [0.05, 0.1) is 11.1 Å².